The Morgan fingerprint density at radius 1 is 0.914 bits per heavy atom. The lowest BCUT2D eigenvalue weighted by Crippen LogP contribution is -2.21. The molecule has 1 atom stereocenters. The number of hydrogen-bond donors (Lipinski definition) is 1. The number of nitrogens with two attached hydrogens (primary N) is 1. The van der Waals surface area contributed by atoms with E-state index in [4.69, 9.17) is 29.4 Å². The molecule has 1 aliphatic heterocycles. The fraction of sp³-hybridized carbons (Fsp3) is 0.185. The first kappa shape index (κ1) is 23.5. The highest BCUT2D eigenvalue weighted by Crippen LogP contribution is 2.46. The highest BCUT2D eigenvalue weighted by Gasteiger charge is 2.33. The van der Waals surface area contributed by atoms with Crippen molar-refractivity contribution in [2.75, 3.05) is 21.3 Å². The summed E-state index contributed by atoms with van der Waals surface area (Å²) in [5, 5.41) is 9.84. The van der Waals surface area contributed by atoms with Crippen LogP contribution in [-0.2, 0) is 11.2 Å². The summed E-state index contributed by atoms with van der Waals surface area (Å²) < 4.78 is 27.3. The van der Waals surface area contributed by atoms with Gasteiger partial charge in [0.15, 0.2) is 0 Å². The van der Waals surface area contributed by atoms with Crippen LogP contribution in [0.15, 0.2) is 72.1 Å². The molecule has 0 amide bonds. The minimum atomic E-state index is -0.558. The van der Waals surface area contributed by atoms with Crippen LogP contribution in [0.1, 0.15) is 22.6 Å². The average molecular weight is 472 g/mol. The number of nitriles is 1. The smallest absolute Gasteiger partial charge is 0.315 e. The van der Waals surface area contributed by atoms with Gasteiger partial charge in [0.1, 0.15) is 40.4 Å². The first-order valence-corrected chi connectivity index (χ1v) is 10.7. The number of ether oxygens (including phenoxy) is 5. The summed E-state index contributed by atoms with van der Waals surface area (Å²) in [5.41, 5.74) is 8.53. The SMILES string of the molecule is COc1ccc(CC(=O)Oc2ccc3c(c2)OC(N)=C(C#N)C3c2cc(OC)ccc2OC)cc1. The van der Waals surface area contributed by atoms with Gasteiger partial charge in [0.2, 0.25) is 5.88 Å². The monoisotopic (exact) mass is 472 g/mol. The largest absolute Gasteiger partial charge is 0.497 e. The molecule has 8 nitrogen and oxygen atoms in total. The number of carbonyl (C=O) groups excluding carboxylic acids is 1. The van der Waals surface area contributed by atoms with Crippen molar-refractivity contribution in [1.82, 2.24) is 0 Å². The van der Waals surface area contributed by atoms with Gasteiger partial charge in [0.05, 0.1) is 33.7 Å². The van der Waals surface area contributed by atoms with Crippen LogP contribution >= 0.6 is 0 Å². The Bertz CT molecular complexity index is 1320. The van der Waals surface area contributed by atoms with E-state index in [1.807, 2.05) is 0 Å². The van der Waals surface area contributed by atoms with Crippen LogP contribution in [0.4, 0.5) is 0 Å². The topological polar surface area (TPSA) is 113 Å². The number of esters is 1. The Labute approximate surface area is 203 Å². The minimum Gasteiger partial charge on any atom is -0.497 e. The van der Waals surface area contributed by atoms with Gasteiger partial charge >= 0.3 is 5.97 Å². The zero-order chi connectivity index (χ0) is 24.9. The highest BCUT2D eigenvalue weighted by atomic mass is 16.5. The van der Waals surface area contributed by atoms with Gasteiger partial charge in [-0.2, -0.15) is 5.26 Å². The van der Waals surface area contributed by atoms with Crippen molar-refractivity contribution in [2.45, 2.75) is 12.3 Å². The van der Waals surface area contributed by atoms with Crippen LogP contribution in [0.5, 0.6) is 28.7 Å². The zero-order valence-corrected chi connectivity index (χ0v) is 19.5. The molecule has 4 rings (SSSR count). The van der Waals surface area contributed by atoms with E-state index in [1.165, 1.54) is 0 Å². The molecule has 1 unspecified atom stereocenters. The summed E-state index contributed by atoms with van der Waals surface area (Å²) in [4.78, 5) is 12.5. The molecule has 0 aromatic heterocycles. The summed E-state index contributed by atoms with van der Waals surface area (Å²) in [6.07, 6.45) is 0.0895. The van der Waals surface area contributed by atoms with Crippen molar-refractivity contribution in [3.63, 3.8) is 0 Å². The molecule has 3 aromatic carbocycles. The van der Waals surface area contributed by atoms with E-state index >= 15 is 0 Å². The molecule has 3 aromatic rings. The van der Waals surface area contributed by atoms with Crippen LogP contribution in [0.2, 0.25) is 0 Å². The number of hydrogen-bond acceptors (Lipinski definition) is 8. The summed E-state index contributed by atoms with van der Waals surface area (Å²) in [6.45, 7) is 0. The van der Waals surface area contributed by atoms with Crippen molar-refractivity contribution in [1.29, 1.82) is 5.26 Å². The number of carbonyl (C=O) groups is 1. The van der Waals surface area contributed by atoms with Gasteiger partial charge in [-0.25, -0.2) is 0 Å². The third-order valence-electron chi connectivity index (χ3n) is 5.68. The maximum atomic E-state index is 12.5. The molecule has 0 radical (unpaired) electrons. The average Bonchev–Trinajstić information content (AvgIpc) is 2.87. The van der Waals surface area contributed by atoms with Crippen LogP contribution in [0.25, 0.3) is 0 Å². The number of rotatable bonds is 7. The molecular formula is C27H24N2O6. The van der Waals surface area contributed by atoms with E-state index in [1.54, 1.807) is 82.0 Å². The van der Waals surface area contributed by atoms with Gasteiger partial charge in [0.25, 0.3) is 0 Å². The van der Waals surface area contributed by atoms with E-state index in [9.17, 15) is 10.1 Å². The molecule has 1 heterocycles. The second-order valence-electron chi connectivity index (χ2n) is 7.73. The first-order chi connectivity index (χ1) is 17.0. The van der Waals surface area contributed by atoms with Crippen LogP contribution in [0, 0.1) is 11.3 Å². The molecule has 0 aliphatic carbocycles. The van der Waals surface area contributed by atoms with Crippen molar-refractivity contribution in [3.8, 4) is 34.8 Å². The van der Waals surface area contributed by atoms with Gasteiger partial charge < -0.3 is 29.4 Å². The van der Waals surface area contributed by atoms with Gasteiger partial charge in [0, 0.05) is 17.2 Å². The van der Waals surface area contributed by atoms with Gasteiger partial charge in [-0.05, 0) is 42.0 Å². The molecule has 2 N–H and O–H groups in total. The third kappa shape index (κ3) is 4.84. The summed E-state index contributed by atoms with van der Waals surface area (Å²) in [7, 11) is 4.69. The first-order valence-electron chi connectivity index (χ1n) is 10.7. The number of allylic oxidation sites excluding steroid dienone is 1. The summed E-state index contributed by atoms with van der Waals surface area (Å²) in [6, 6.07) is 19.6. The standard InChI is InChI=1S/C27H24N2O6/c1-31-17-6-4-16(5-7-17)12-25(30)34-19-8-10-20-24(14-19)35-27(29)22(15-28)26(20)21-13-18(32-2)9-11-23(21)33-3/h4-11,13-14,26H,12,29H2,1-3H3. The third-order valence-corrected chi connectivity index (χ3v) is 5.68. The number of benzene rings is 3. The van der Waals surface area contributed by atoms with E-state index in [0.29, 0.717) is 39.9 Å². The van der Waals surface area contributed by atoms with Crippen molar-refractivity contribution in [2.24, 2.45) is 5.73 Å². The highest BCUT2D eigenvalue weighted by molar-refractivity contribution is 5.75. The lowest BCUT2D eigenvalue weighted by atomic mass is 9.83. The van der Waals surface area contributed by atoms with Crippen molar-refractivity contribution in [3.05, 3.63) is 88.8 Å². The Morgan fingerprint density at radius 3 is 2.26 bits per heavy atom. The molecule has 1 aliphatic rings. The zero-order valence-electron chi connectivity index (χ0n) is 19.5. The maximum Gasteiger partial charge on any atom is 0.315 e. The summed E-state index contributed by atoms with van der Waals surface area (Å²) >= 11 is 0. The van der Waals surface area contributed by atoms with Gasteiger partial charge in [-0.3, -0.25) is 4.79 Å². The molecule has 178 valence electrons. The van der Waals surface area contributed by atoms with Gasteiger partial charge in [-0.1, -0.05) is 18.2 Å². The molecule has 0 bridgehead atoms. The Balaban J connectivity index is 1.64. The van der Waals surface area contributed by atoms with Crippen molar-refractivity contribution < 1.29 is 28.5 Å². The molecular weight excluding hydrogens is 448 g/mol. The Morgan fingerprint density at radius 2 is 1.60 bits per heavy atom. The fourth-order valence-corrected chi connectivity index (χ4v) is 3.96. The van der Waals surface area contributed by atoms with E-state index < -0.39 is 11.9 Å². The molecule has 8 heteroatoms. The second kappa shape index (κ2) is 10.1. The summed E-state index contributed by atoms with van der Waals surface area (Å²) in [5.74, 6) is 1.54. The second-order valence-corrected chi connectivity index (χ2v) is 7.73. The van der Waals surface area contributed by atoms with Gasteiger partial charge in [-0.15, -0.1) is 0 Å². The lowest BCUT2D eigenvalue weighted by molar-refractivity contribution is -0.133. The number of fused-ring (bicyclic) bond motifs is 1. The van der Waals surface area contributed by atoms with E-state index in [-0.39, 0.29) is 17.9 Å². The van der Waals surface area contributed by atoms with Crippen LogP contribution in [-0.4, -0.2) is 27.3 Å². The Hall–Kier alpha value is -4.64. The predicted octanol–water partition coefficient (Wildman–Crippen LogP) is 4.08. The minimum absolute atomic E-state index is 0.0309. The van der Waals surface area contributed by atoms with Crippen molar-refractivity contribution >= 4 is 5.97 Å². The van der Waals surface area contributed by atoms with Crippen LogP contribution < -0.4 is 29.4 Å². The lowest BCUT2D eigenvalue weighted by Gasteiger charge is -2.28. The number of nitrogens with zero attached hydrogens (tertiary/aromatic N) is 1. The maximum absolute atomic E-state index is 12.5. The van der Waals surface area contributed by atoms with E-state index in [2.05, 4.69) is 6.07 Å². The predicted molar refractivity (Wildman–Crippen MR) is 128 cm³/mol. The molecule has 0 saturated carbocycles. The van der Waals surface area contributed by atoms with E-state index in [0.717, 1.165) is 5.56 Å². The molecule has 0 saturated heterocycles. The fourth-order valence-electron chi connectivity index (χ4n) is 3.96. The number of methoxy groups -OCH3 is 3. The normalized spacial score (nSPS) is 14.3. The Kier molecular flexibility index (Phi) is 6.78. The molecule has 0 spiro atoms. The molecule has 0 fully saturated rings. The molecule has 35 heavy (non-hydrogen) atoms. The van der Waals surface area contributed by atoms with Crippen LogP contribution in [0.3, 0.4) is 0 Å². The quantitative estimate of drug-likeness (QED) is 0.404.